The number of nitro benzene ring substituents is 1. The summed E-state index contributed by atoms with van der Waals surface area (Å²) in [4.78, 5) is 34.3. The van der Waals surface area contributed by atoms with Gasteiger partial charge in [-0.1, -0.05) is 149 Å². The van der Waals surface area contributed by atoms with Crippen LogP contribution in [0.2, 0.25) is 0 Å². The minimum atomic E-state index is -4.33. The quantitative estimate of drug-likeness (QED) is 0.0269. The molecule has 0 bridgehead atoms. The second kappa shape index (κ2) is 26.6. The summed E-state index contributed by atoms with van der Waals surface area (Å²) in [5, 5.41) is 11.7. The predicted octanol–water partition coefficient (Wildman–Crippen LogP) is 11.0. The molecule has 0 heterocycles. The van der Waals surface area contributed by atoms with E-state index >= 15 is 0 Å². The maximum absolute atomic E-state index is 12.6. The number of phosphoric acid groups is 1. The second-order valence-electron chi connectivity index (χ2n) is 14.0. The highest BCUT2D eigenvalue weighted by Crippen LogP contribution is 2.48. The topological polar surface area (TPSA) is 105 Å². The smallest absolute Gasteiger partial charge is 0.426 e. The van der Waals surface area contributed by atoms with Gasteiger partial charge in [0, 0.05) is 12.1 Å². The number of phosphoric ester groups is 1. The summed E-state index contributed by atoms with van der Waals surface area (Å²) in [6.07, 6.45) is 30.0. The van der Waals surface area contributed by atoms with Crippen molar-refractivity contribution in [3.8, 4) is 5.75 Å². The van der Waals surface area contributed by atoms with Gasteiger partial charge in [-0.25, -0.2) is 0 Å². The highest BCUT2D eigenvalue weighted by atomic mass is 31.2. The van der Waals surface area contributed by atoms with Gasteiger partial charge in [0.2, 0.25) is 0 Å². The number of nitro groups is 1. The number of quaternary nitrogens is 1. The lowest BCUT2D eigenvalue weighted by molar-refractivity contribution is -0.904. The second-order valence-corrected chi connectivity index (χ2v) is 15.4. The van der Waals surface area contributed by atoms with Crippen molar-refractivity contribution in [3.05, 3.63) is 33.9 Å². The zero-order chi connectivity index (χ0) is 33.9. The number of benzene rings is 1. The molecule has 1 atom stereocenters. The molecule has 0 fully saturated rings. The Labute approximate surface area is 283 Å². The molecule has 1 rings (SSSR count). The largest absolute Gasteiger partial charge is 0.598 e. The SMILES string of the molecule is CCCCCCCCCCCCCCCCO[P+]([O-])(O)Oc1ccc([N+](=O)[O-])c(C[N+](C)(C)CCCCCCCCCCCC)c1. The molecule has 0 saturated heterocycles. The fourth-order valence-corrected chi connectivity index (χ4v) is 6.92. The van der Waals surface area contributed by atoms with E-state index in [1.807, 2.05) is 0 Å². The van der Waals surface area contributed by atoms with E-state index in [2.05, 4.69) is 27.9 Å². The Morgan fingerprint density at radius 1 is 0.696 bits per heavy atom. The number of nitrogens with zero attached hydrogens (tertiary/aromatic N) is 2. The van der Waals surface area contributed by atoms with E-state index in [1.165, 1.54) is 140 Å². The summed E-state index contributed by atoms with van der Waals surface area (Å²) in [7, 11) is -0.183. The zero-order valence-electron chi connectivity index (χ0n) is 30.2. The minimum Gasteiger partial charge on any atom is -0.598 e. The van der Waals surface area contributed by atoms with Gasteiger partial charge in [0.15, 0.2) is 5.75 Å². The van der Waals surface area contributed by atoms with Gasteiger partial charge in [0.05, 0.1) is 37.7 Å². The summed E-state index contributed by atoms with van der Waals surface area (Å²) in [6.45, 7) is 5.98. The van der Waals surface area contributed by atoms with Gasteiger partial charge < -0.3 is 9.38 Å². The first-order chi connectivity index (χ1) is 22.1. The van der Waals surface area contributed by atoms with E-state index in [1.54, 1.807) is 0 Å². The monoisotopic (exact) mass is 669 g/mol. The van der Waals surface area contributed by atoms with Crippen molar-refractivity contribution in [2.45, 2.75) is 174 Å². The predicted molar refractivity (Wildman–Crippen MR) is 192 cm³/mol. The summed E-state index contributed by atoms with van der Waals surface area (Å²) in [5.41, 5.74) is 0.490. The number of hydrogen-bond acceptors (Lipinski definition) is 6. The fraction of sp³-hybridized carbons (Fsp3) is 0.838. The van der Waals surface area contributed by atoms with Crippen LogP contribution in [0.5, 0.6) is 5.75 Å². The highest BCUT2D eigenvalue weighted by Gasteiger charge is 2.31. The van der Waals surface area contributed by atoms with E-state index in [9.17, 15) is 19.9 Å². The molecule has 268 valence electrons. The molecule has 0 aliphatic heterocycles. The molecular weight excluding hydrogens is 599 g/mol. The van der Waals surface area contributed by atoms with Crippen LogP contribution in [-0.4, -0.2) is 41.5 Å². The van der Waals surface area contributed by atoms with E-state index < -0.39 is 13.1 Å². The van der Waals surface area contributed by atoms with Crippen LogP contribution in [0, 0.1) is 10.1 Å². The molecule has 46 heavy (non-hydrogen) atoms. The minimum absolute atomic E-state index is 0.00211. The van der Waals surface area contributed by atoms with Crippen molar-refractivity contribution in [1.29, 1.82) is 0 Å². The molecule has 0 radical (unpaired) electrons. The van der Waals surface area contributed by atoms with Gasteiger partial charge >= 0.3 is 8.17 Å². The van der Waals surface area contributed by atoms with Crippen molar-refractivity contribution >= 4 is 13.9 Å². The normalized spacial score (nSPS) is 13.2. The number of unbranched alkanes of at least 4 members (excludes halogenated alkanes) is 22. The fourth-order valence-electron chi connectivity index (χ4n) is 6.13. The highest BCUT2D eigenvalue weighted by molar-refractivity contribution is 7.53. The first-order valence-electron chi connectivity index (χ1n) is 18.9. The van der Waals surface area contributed by atoms with Crippen LogP contribution < -0.4 is 9.42 Å². The third-order valence-electron chi connectivity index (χ3n) is 8.94. The van der Waals surface area contributed by atoms with Crippen molar-refractivity contribution in [3.63, 3.8) is 0 Å². The molecule has 0 aliphatic carbocycles. The molecule has 0 aliphatic rings. The first kappa shape index (κ1) is 42.7. The number of hydrogen-bond donors (Lipinski definition) is 1. The molecule has 0 spiro atoms. The Bertz CT molecular complexity index is 899. The Hall–Kier alpha value is -1.31. The lowest BCUT2D eigenvalue weighted by atomic mass is 10.0. The van der Waals surface area contributed by atoms with Crippen molar-refractivity contribution in [2.24, 2.45) is 0 Å². The lowest BCUT2D eigenvalue weighted by Gasteiger charge is -2.30. The maximum Gasteiger partial charge on any atom is 0.426 e. The molecule has 8 nitrogen and oxygen atoms in total. The van der Waals surface area contributed by atoms with E-state index in [0.717, 1.165) is 32.2 Å². The van der Waals surface area contributed by atoms with Crippen LogP contribution >= 0.6 is 8.17 Å². The molecule has 0 saturated carbocycles. The van der Waals surface area contributed by atoms with Crippen LogP contribution in [0.25, 0.3) is 0 Å². The van der Waals surface area contributed by atoms with Crippen molar-refractivity contribution in [2.75, 3.05) is 27.2 Å². The molecule has 1 unspecified atom stereocenters. The molecule has 9 heteroatoms. The Kier molecular flexibility index (Phi) is 24.7. The Morgan fingerprint density at radius 2 is 1.11 bits per heavy atom. The summed E-state index contributed by atoms with van der Waals surface area (Å²) in [5.74, 6) is 0.117. The third kappa shape index (κ3) is 23.1. The Balaban J connectivity index is 2.34. The van der Waals surface area contributed by atoms with Gasteiger partial charge in [0.25, 0.3) is 5.69 Å². The molecule has 0 aromatic heterocycles. The van der Waals surface area contributed by atoms with E-state index in [-0.39, 0.29) is 18.0 Å². The maximum atomic E-state index is 12.6. The van der Waals surface area contributed by atoms with Gasteiger partial charge in [-0.2, -0.15) is 9.42 Å². The van der Waals surface area contributed by atoms with Crippen LogP contribution in [0.1, 0.15) is 174 Å². The van der Waals surface area contributed by atoms with Crippen molar-refractivity contribution in [1.82, 2.24) is 0 Å². The van der Waals surface area contributed by atoms with Crippen LogP contribution in [-0.2, 0) is 11.1 Å². The van der Waals surface area contributed by atoms with Crippen molar-refractivity contribution < 1.29 is 28.2 Å². The standard InChI is InChI=1S/C37H69N2O6P/c1-5-7-9-11-13-15-17-18-19-20-22-24-26-28-32-44-46(42,43)45-36-29-30-37(38(40)41)35(33-36)34-39(3,4)31-27-25-23-21-16-14-12-10-8-6-2/h29-30,33H,5-28,31-32,34H2,1-4H3/p+1. The summed E-state index contributed by atoms with van der Waals surface area (Å²) < 4.78 is 11.2. The third-order valence-corrected chi connectivity index (χ3v) is 9.89. The number of rotatable bonds is 32. The molecule has 1 N–H and O–H groups in total. The summed E-state index contributed by atoms with van der Waals surface area (Å²) >= 11 is 0. The summed E-state index contributed by atoms with van der Waals surface area (Å²) in [6, 6.07) is 4.26. The molecule has 1 aromatic carbocycles. The van der Waals surface area contributed by atoms with Gasteiger partial charge in [-0.3, -0.25) is 14.6 Å². The zero-order valence-corrected chi connectivity index (χ0v) is 31.0. The van der Waals surface area contributed by atoms with Crippen LogP contribution in [0.15, 0.2) is 18.2 Å². The first-order valence-corrected chi connectivity index (χ1v) is 20.4. The Morgan fingerprint density at radius 3 is 1.54 bits per heavy atom. The van der Waals surface area contributed by atoms with Crippen LogP contribution in [0.4, 0.5) is 5.69 Å². The lowest BCUT2D eigenvalue weighted by Crippen LogP contribution is -2.39. The van der Waals surface area contributed by atoms with Crippen LogP contribution in [0.3, 0.4) is 0 Å². The molecule has 1 aromatic rings. The molecule has 0 amide bonds. The average Bonchev–Trinajstić information content (AvgIpc) is 2.99. The molecular formula is C37H70N2O6P+. The van der Waals surface area contributed by atoms with Gasteiger partial charge in [-0.15, -0.1) is 0 Å². The average molecular weight is 670 g/mol. The van der Waals surface area contributed by atoms with E-state index in [4.69, 9.17) is 9.05 Å². The van der Waals surface area contributed by atoms with E-state index in [0.29, 0.717) is 23.0 Å². The van der Waals surface area contributed by atoms with Gasteiger partial charge in [0.1, 0.15) is 6.54 Å². The van der Waals surface area contributed by atoms with Gasteiger partial charge in [-0.05, 0) is 25.3 Å².